The number of alkyl carbamates (subject to hydrolysis) is 1. The standard InChI is InChI=1S/C12H19N3O4/c1-12(2,3)19-11(18)13-9(7-10(16)17)8-5-6-15(4)14-8/h5-6,9H,7H2,1-4H3,(H,13,18)(H,16,17)/t9-/m1/s1. The molecule has 106 valence electrons. The third-order valence-corrected chi connectivity index (χ3v) is 2.16. The summed E-state index contributed by atoms with van der Waals surface area (Å²) in [6.45, 7) is 5.21. The van der Waals surface area contributed by atoms with Gasteiger partial charge in [-0.05, 0) is 26.8 Å². The van der Waals surface area contributed by atoms with E-state index in [9.17, 15) is 9.59 Å². The van der Waals surface area contributed by atoms with Crippen LogP contribution in [0.3, 0.4) is 0 Å². The van der Waals surface area contributed by atoms with E-state index in [1.807, 2.05) is 0 Å². The molecule has 0 radical (unpaired) electrons. The molecule has 1 aromatic heterocycles. The van der Waals surface area contributed by atoms with Gasteiger partial charge in [-0.3, -0.25) is 9.48 Å². The maximum Gasteiger partial charge on any atom is 0.408 e. The third kappa shape index (κ3) is 5.41. The van der Waals surface area contributed by atoms with Gasteiger partial charge < -0.3 is 15.2 Å². The van der Waals surface area contributed by atoms with Gasteiger partial charge in [-0.15, -0.1) is 0 Å². The number of carboxylic acids is 1. The molecule has 0 bridgehead atoms. The molecule has 1 rings (SSSR count). The molecule has 0 aliphatic rings. The molecule has 2 N–H and O–H groups in total. The summed E-state index contributed by atoms with van der Waals surface area (Å²) in [6, 6.07) is 0.943. The first-order valence-electron chi connectivity index (χ1n) is 5.88. The van der Waals surface area contributed by atoms with Gasteiger partial charge in [-0.2, -0.15) is 5.10 Å². The number of hydrogen-bond donors (Lipinski definition) is 2. The number of hydrogen-bond acceptors (Lipinski definition) is 4. The molecule has 0 fully saturated rings. The highest BCUT2D eigenvalue weighted by atomic mass is 16.6. The fourth-order valence-corrected chi connectivity index (χ4v) is 1.47. The number of nitrogens with one attached hydrogen (secondary N) is 1. The minimum atomic E-state index is -1.02. The minimum absolute atomic E-state index is 0.254. The number of aromatic nitrogens is 2. The van der Waals surface area contributed by atoms with Crippen molar-refractivity contribution in [2.75, 3.05) is 0 Å². The predicted molar refractivity (Wildman–Crippen MR) is 67.6 cm³/mol. The second-order valence-corrected chi connectivity index (χ2v) is 5.21. The van der Waals surface area contributed by atoms with Gasteiger partial charge >= 0.3 is 12.1 Å². The van der Waals surface area contributed by atoms with Crippen molar-refractivity contribution in [3.05, 3.63) is 18.0 Å². The fraction of sp³-hybridized carbons (Fsp3) is 0.583. The second-order valence-electron chi connectivity index (χ2n) is 5.21. The second kappa shape index (κ2) is 5.73. The highest BCUT2D eigenvalue weighted by molar-refractivity contribution is 5.72. The van der Waals surface area contributed by atoms with Gasteiger partial charge in [-0.25, -0.2) is 4.79 Å². The molecule has 1 atom stereocenters. The Morgan fingerprint density at radius 1 is 1.53 bits per heavy atom. The first-order chi connectivity index (χ1) is 8.67. The first-order valence-corrected chi connectivity index (χ1v) is 5.88. The van der Waals surface area contributed by atoms with Crippen LogP contribution in [0.2, 0.25) is 0 Å². The molecular weight excluding hydrogens is 250 g/mol. The number of carbonyl (C=O) groups excluding carboxylic acids is 1. The van der Waals surface area contributed by atoms with Gasteiger partial charge in [-0.1, -0.05) is 0 Å². The van der Waals surface area contributed by atoms with E-state index in [2.05, 4.69) is 10.4 Å². The molecule has 0 aromatic carbocycles. The fourth-order valence-electron chi connectivity index (χ4n) is 1.47. The molecule has 0 saturated heterocycles. The Kier molecular flexibility index (Phi) is 4.52. The molecule has 0 aliphatic heterocycles. The normalized spacial score (nSPS) is 12.8. The number of carbonyl (C=O) groups is 2. The van der Waals surface area contributed by atoms with Gasteiger partial charge in [0.2, 0.25) is 0 Å². The summed E-state index contributed by atoms with van der Waals surface area (Å²) in [4.78, 5) is 22.5. The lowest BCUT2D eigenvalue weighted by Crippen LogP contribution is -2.36. The van der Waals surface area contributed by atoms with Crippen molar-refractivity contribution < 1.29 is 19.4 Å². The molecule has 1 heterocycles. The van der Waals surface area contributed by atoms with E-state index in [4.69, 9.17) is 9.84 Å². The highest BCUT2D eigenvalue weighted by Crippen LogP contribution is 2.16. The lowest BCUT2D eigenvalue weighted by Gasteiger charge is -2.22. The molecule has 7 nitrogen and oxygen atoms in total. The van der Waals surface area contributed by atoms with Gasteiger partial charge in [0.15, 0.2) is 0 Å². The summed E-state index contributed by atoms with van der Waals surface area (Å²) >= 11 is 0. The van der Waals surface area contributed by atoms with Crippen LogP contribution in [0.15, 0.2) is 12.3 Å². The van der Waals surface area contributed by atoms with E-state index < -0.39 is 23.7 Å². The zero-order chi connectivity index (χ0) is 14.6. The monoisotopic (exact) mass is 269 g/mol. The molecule has 0 unspecified atom stereocenters. The average molecular weight is 269 g/mol. The van der Waals surface area contributed by atoms with E-state index in [1.54, 1.807) is 44.8 Å². The van der Waals surface area contributed by atoms with Crippen LogP contribution in [-0.2, 0) is 16.6 Å². The minimum Gasteiger partial charge on any atom is -0.481 e. The number of ether oxygens (including phenoxy) is 1. The number of aliphatic carboxylic acids is 1. The van der Waals surface area contributed by atoms with E-state index in [1.165, 1.54) is 0 Å². The summed E-state index contributed by atoms with van der Waals surface area (Å²) in [5.74, 6) is -1.02. The van der Waals surface area contributed by atoms with Crippen molar-refractivity contribution in [2.24, 2.45) is 7.05 Å². The summed E-state index contributed by atoms with van der Waals surface area (Å²) in [5, 5.41) is 15.5. The topological polar surface area (TPSA) is 93.5 Å². The van der Waals surface area contributed by atoms with Crippen molar-refractivity contribution in [2.45, 2.75) is 38.8 Å². The van der Waals surface area contributed by atoms with Crippen LogP contribution in [0.1, 0.15) is 38.9 Å². The maximum absolute atomic E-state index is 11.7. The quantitative estimate of drug-likeness (QED) is 0.863. The summed E-state index contributed by atoms with van der Waals surface area (Å²) in [7, 11) is 1.72. The molecule has 19 heavy (non-hydrogen) atoms. The van der Waals surface area contributed by atoms with Gasteiger partial charge in [0.25, 0.3) is 0 Å². The van der Waals surface area contributed by atoms with Crippen molar-refractivity contribution in [1.82, 2.24) is 15.1 Å². The van der Waals surface area contributed by atoms with E-state index >= 15 is 0 Å². The van der Waals surface area contributed by atoms with Crippen LogP contribution >= 0.6 is 0 Å². The molecule has 1 amide bonds. The molecule has 0 aliphatic carbocycles. The Morgan fingerprint density at radius 2 is 2.16 bits per heavy atom. The number of rotatable bonds is 4. The van der Waals surface area contributed by atoms with E-state index in [0.717, 1.165) is 0 Å². The Morgan fingerprint density at radius 3 is 2.58 bits per heavy atom. The van der Waals surface area contributed by atoms with Gasteiger partial charge in [0.05, 0.1) is 18.2 Å². The molecule has 1 aromatic rings. The highest BCUT2D eigenvalue weighted by Gasteiger charge is 2.23. The smallest absolute Gasteiger partial charge is 0.408 e. The number of nitrogens with zero attached hydrogens (tertiary/aromatic N) is 2. The van der Waals surface area contributed by atoms with E-state index in [0.29, 0.717) is 5.69 Å². The van der Waals surface area contributed by atoms with E-state index in [-0.39, 0.29) is 6.42 Å². The Balaban J connectivity index is 2.76. The van der Waals surface area contributed by atoms with Crippen molar-refractivity contribution in [1.29, 1.82) is 0 Å². The SMILES string of the molecule is Cn1ccc([C@@H](CC(=O)O)NC(=O)OC(C)(C)C)n1. The molecule has 0 saturated carbocycles. The number of amides is 1. The van der Waals surface area contributed by atoms with Gasteiger partial charge in [0.1, 0.15) is 5.60 Å². The molecular formula is C12H19N3O4. The lowest BCUT2D eigenvalue weighted by molar-refractivity contribution is -0.137. The zero-order valence-electron chi connectivity index (χ0n) is 11.5. The van der Waals surface area contributed by atoms with Crippen molar-refractivity contribution in [3.8, 4) is 0 Å². The summed E-state index contributed by atoms with van der Waals surface area (Å²) < 4.78 is 6.64. The van der Waals surface area contributed by atoms with Gasteiger partial charge in [0, 0.05) is 13.2 Å². The van der Waals surface area contributed by atoms with Crippen LogP contribution in [0.5, 0.6) is 0 Å². The Hall–Kier alpha value is -2.05. The first kappa shape index (κ1) is 15.0. The lowest BCUT2D eigenvalue weighted by atomic mass is 10.1. The largest absolute Gasteiger partial charge is 0.481 e. The molecule has 7 heteroatoms. The third-order valence-electron chi connectivity index (χ3n) is 2.16. The number of aryl methyl sites for hydroxylation is 1. The zero-order valence-corrected chi connectivity index (χ0v) is 11.5. The number of carboxylic acid groups (broad SMARTS) is 1. The Labute approximate surface area is 111 Å². The molecule has 0 spiro atoms. The summed E-state index contributed by atoms with van der Waals surface area (Å²) in [6.07, 6.45) is 0.765. The van der Waals surface area contributed by atoms with Crippen molar-refractivity contribution in [3.63, 3.8) is 0 Å². The maximum atomic E-state index is 11.7. The summed E-state index contributed by atoms with van der Waals surface area (Å²) in [5.41, 5.74) is -0.155. The average Bonchev–Trinajstić information content (AvgIpc) is 2.60. The van der Waals surface area contributed by atoms with Crippen molar-refractivity contribution >= 4 is 12.1 Å². The van der Waals surface area contributed by atoms with Crippen LogP contribution in [0.25, 0.3) is 0 Å². The van der Waals surface area contributed by atoms with Crippen LogP contribution < -0.4 is 5.32 Å². The van der Waals surface area contributed by atoms with Crippen LogP contribution in [-0.4, -0.2) is 32.6 Å². The predicted octanol–water partition coefficient (Wildman–Crippen LogP) is 1.46. The van der Waals surface area contributed by atoms with Crippen LogP contribution in [0.4, 0.5) is 4.79 Å². The van der Waals surface area contributed by atoms with Crippen LogP contribution in [0, 0.1) is 0 Å². The Bertz CT molecular complexity index is 462.